The highest BCUT2D eigenvalue weighted by Crippen LogP contribution is 2.22. The third-order valence-electron chi connectivity index (χ3n) is 2.62. The van der Waals surface area contributed by atoms with E-state index < -0.39 is 5.97 Å². The number of urea groups is 1. The standard InChI is InChI=1S/C10H18N2O4/c1-6(3-9(13)14)11-10(15)12-7-4-8(5-7)16-2/h6-8H,3-5H2,1-2H3,(H,13,14)(H2,11,12,15). The first kappa shape index (κ1) is 12.8. The second-order valence-corrected chi connectivity index (χ2v) is 4.14. The molecule has 1 fully saturated rings. The molecule has 16 heavy (non-hydrogen) atoms. The van der Waals surface area contributed by atoms with Crippen molar-refractivity contribution in [3.63, 3.8) is 0 Å². The number of hydrogen-bond donors (Lipinski definition) is 3. The first-order valence-corrected chi connectivity index (χ1v) is 5.33. The fourth-order valence-corrected chi connectivity index (χ4v) is 1.64. The van der Waals surface area contributed by atoms with E-state index in [-0.39, 0.29) is 30.6 Å². The van der Waals surface area contributed by atoms with Crippen LogP contribution in [0.1, 0.15) is 26.2 Å². The Labute approximate surface area is 94.3 Å². The minimum Gasteiger partial charge on any atom is -0.481 e. The van der Waals surface area contributed by atoms with E-state index in [2.05, 4.69) is 10.6 Å². The molecule has 1 rings (SSSR count). The molecule has 1 aliphatic rings. The van der Waals surface area contributed by atoms with Crippen LogP contribution >= 0.6 is 0 Å². The summed E-state index contributed by atoms with van der Waals surface area (Å²) in [6, 6.07) is -0.536. The Morgan fingerprint density at radius 3 is 2.62 bits per heavy atom. The summed E-state index contributed by atoms with van der Waals surface area (Å²) in [6.07, 6.45) is 1.80. The van der Waals surface area contributed by atoms with E-state index in [1.807, 2.05) is 0 Å². The molecule has 6 nitrogen and oxygen atoms in total. The molecule has 0 saturated heterocycles. The van der Waals surface area contributed by atoms with Crippen LogP contribution < -0.4 is 10.6 Å². The normalized spacial score (nSPS) is 25.4. The van der Waals surface area contributed by atoms with Crippen molar-refractivity contribution < 1.29 is 19.4 Å². The number of carboxylic acid groups (broad SMARTS) is 1. The Hall–Kier alpha value is -1.30. The SMILES string of the molecule is COC1CC(NC(=O)NC(C)CC(=O)O)C1. The van der Waals surface area contributed by atoms with Crippen molar-refractivity contribution in [1.82, 2.24) is 10.6 Å². The predicted octanol–water partition coefficient (Wildman–Crippen LogP) is 0.326. The molecule has 1 aliphatic carbocycles. The zero-order valence-corrected chi connectivity index (χ0v) is 9.53. The van der Waals surface area contributed by atoms with Crippen molar-refractivity contribution in [3.8, 4) is 0 Å². The van der Waals surface area contributed by atoms with E-state index in [4.69, 9.17) is 9.84 Å². The Bertz CT molecular complexity index is 264. The number of carbonyl (C=O) groups excluding carboxylic acids is 1. The highest BCUT2D eigenvalue weighted by molar-refractivity contribution is 5.76. The monoisotopic (exact) mass is 230 g/mol. The van der Waals surface area contributed by atoms with Gasteiger partial charge in [-0.15, -0.1) is 0 Å². The van der Waals surface area contributed by atoms with Gasteiger partial charge in [-0.1, -0.05) is 0 Å². The van der Waals surface area contributed by atoms with Crippen molar-refractivity contribution in [1.29, 1.82) is 0 Å². The largest absolute Gasteiger partial charge is 0.481 e. The van der Waals surface area contributed by atoms with Gasteiger partial charge in [0.25, 0.3) is 0 Å². The van der Waals surface area contributed by atoms with Gasteiger partial charge in [-0.3, -0.25) is 4.79 Å². The van der Waals surface area contributed by atoms with Crippen LogP contribution in [0.3, 0.4) is 0 Å². The number of nitrogens with one attached hydrogen (secondary N) is 2. The second kappa shape index (κ2) is 5.69. The molecule has 1 atom stereocenters. The number of hydrogen-bond acceptors (Lipinski definition) is 3. The average molecular weight is 230 g/mol. The number of carboxylic acids is 1. The van der Waals surface area contributed by atoms with Crippen molar-refractivity contribution in [2.75, 3.05) is 7.11 Å². The summed E-state index contributed by atoms with van der Waals surface area (Å²) >= 11 is 0. The molecule has 0 aromatic carbocycles. The van der Waals surface area contributed by atoms with Crippen molar-refractivity contribution in [2.45, 2.75) is 44.4 Å². The molecule has 0 aromatic rings. The topological polar surface area (TPSA) is 87.7 Å². The fourth-order valence-electron chi connectivity index (χ4n) is 1.64. The number of rotatable bonds is 5. The van der Waals surface area contributed by atoms with Crippen LogP contribution in [0.2, 0.25) is 0 Å². The van der Waals surface area contributed by atoms with Crippen LogP contribution in [0.25, 0.3) is 0 Å². The van der Waals surface area contributed by atoms with Crippen molar-refractivity contribution in [2.24, 2.45) is 0 Å². The van der Waals surface area contributed by atoms with E-state index in [0.29, 0.717) is 0 Å². The van der Waals surface area contributed by atoms with Gasteiger partial charge in [0.2, 0.25) is 0 Å². The maximum Gasteiger partial charge on any atom is 0.315 e. The highest BCUT2D eigenvalue weighted by atomic mass is 16.5. The molecule has 1 saturated carbocycles. The summed E-state index contributed by atoms with van der Waals surface area (Å²) in [5.74, 6) is -0.920. The molecular weight excluding hydrogens is 212 g/mol. The first-order chi connectivity index (χ1) is 7.51. The minimum absolute atomic E-state index is 0.0707. The fraction of sp³-hybridized carbons (Fsp3) is 0.800. The zero-order chi connectivity index (χ0) is 12.1. The van der Waals surface area contributed by atoms with Gasteiger partial charge in [0, 0.05) is 19.2 Å². The predicted molar refractivity (Wildman–Crippen MR) is 57.2 cm³/mol. The smallest absolute Gasteiger partial charge is 0.315 e. The molecule has 0 aromatic heterocycles. The lowest BCUT2D eigenvalue weighted by atomic mass is 9.89. The molecule has 0 aliphatic heterocycles. The molecule has 6 heteroatoms. The quantitative estimate of drug-likeness (QED) is 0.635. The van der Waals surface area contributed by atoms with Crippen LogP contribution in [0.5, 0.6) is 0 Å². The lowest BCUT2D eigenvalue weighted by molar-refractivity contribution is -0.137. The maximum atomic E-state index is 11.4. The molecule has 0 spiro atoms. The number of methoxy groups -OCH3 is 1. The van der Waals surface area contributed by atoms with Crippen LogP contribution in [0, 0.1) is 0 Å². The van der Waals surface area contributed by atoms with E-state index >= 15 is 0 Å². The minimum atomic E-state index is -0.920. The molecule has 92 valence electrons. The Balaban J connectivity index is 2.14. The van der Waals surface area contributed by atoms with E-state index in [0.717, 1.165) is 12.8 Å². The summed E-state index contributed by atoms with van der Waals surface area (Å²) in [4.78, 5) is 21.8. The summed E-state index contributed by atoms with van der Waals surface area (Å²) in [6.45, 7) is 1.66. The molecule has 0 bridgehead atoms. The molecule has 1 unspecified atom stereocenters. The van der Waals surface area contributed by atoms with Crippen LogP contribution in [0.4, 0.5) is 4.79 Å². The zero-order valence-electron chi connectivity index (χ0n) is 9.53. The van der Waals surface area contributed by atoms with Gasteiger partial charge in [-0.25, -0.2) is 4.79 Å². The molecule has 2 amide bonds. The van der Waals surface area contributed by atoms with Gasteiger partial charge in [0.1, 0.15) is 0 Å². The third kappa shape index (κ3) is 4.06. The van der Waals surface area contributed by atoms with Crippen LogP contribution in [-0.4, -0.2) is 42.4 Å². The third-order valence-corrected chi connectivity index (χ3v) is 2.62. The Morgan fingerprint density at radius 1 is 1.50 bits per heavy atom. The van der Waals surface area contributed by atoms with Gasteiger partial charge in [0.05, 0.1) is 12.5 Å². The van der Waals surface area contributed by atoms with Crippen LogP contribution in [0.15, 0.2) is 0 Å². The summed E-state index contributed by atoms with van der Waals surface area (Å²) in [5.41, 5.74) is 0. The number of amides is 2. The summed E-state index contributed by atoms with van der Waals surface area (Å²) in [7, 11) is 1.65. The Kier molecular flexibility index (Phi) is 4.54. The Morgan fingerprint density at radius 2 is 2.12 bits per heavy atom. The maximum absolute atomic E-state index is 11.4. The van der Waals surface area contributed by atoms with Crippen LogP contribution in [-0.2, 0) is 9.53 Å². The molecule has 0 radical (unpaired) electrons. The van der Waals surface area contributed by atoms with Crippen molar-refractivity contribution >= 4 is 12.0 Å². The van der Waals surface area contributed by atoms with Gasteiger partial charge in [0.15, 0.2) is 0 Å². The molecular formula is C10H18N2O4. The summed E-state index contributed by atoms with van der Waals surface area (Å²) in [5, 5.41) is 13.8. The van der Waals surface area contributed by atoms with Gasteiger partial charge < -0.3 is 20.5 Å². The average Bonchev–Trinajstić information content (AvgIpc) is 2.08. The lowest BCUT2D eigenvalue weighted by Gasteiger charge is -2.34. The highest BCUT2D eigenvalue weighted by Gasteiger charge is 2.30. The van der Waals surface area contributed by atoms with Gasteiger partial charge in [-0.2, -0.15) is 0 Å². The second-order valence-electron chi connectivity index (χ2n) is 4.14. The molecule has 0 heterocycles. The number of ether oxygens (including phenoxy) is 1. The van der Waals surface area contributed by atoms with Gasteiger partial charge in [-0.05, 0) is 19.8 Å². The lowest BCUT2D eigenvalue weighted by Crippen LogP contribution is -2.52. The summed E-state index contributed by atoms with van der Waals surface area (Å²) < 4.78 is 5.08. The number of carbonyl (C=O) groups is 2. The van der Waals surface area contributed by atoms with E-state index in [1.54, 1.807) is 14.0 Å². The number of aliphatic carboxylic acids is 1. The first-order valence-electron chi connectivity index (χ1n) is 5.33. The van der Waals surface area contributed by atoms with E-state index in [1.165, 1.54) is 0 Å². The molecule has 3 N–H and O–H groups in total. The van der Waals surface area contributed by atoms with Crippen molar-refractivity contribution in [3.05, 3.63) is 0 Å². The van der Waals surface area contributed by atoms with Gasteiger partial charge >= 0.3 is 12.0 Å². The van der Waals surface area contributed by atoms with E-state index in [9.17, 15) is 9.59 Å².